The molecular weight excluding hydrogens is 230 g/mol. The minimum Gasteiger partial charge on any atom is -0.249 e. The molecule has 0 spiro atoms. The molecule has 3 nitrogen and oxygen atoms in total. The molecule has 0 saturated heterocycles. The number of hydrogen-bond donors (Lipinski definition) is 0. The summed E-state index contributed by atoms with van der Waals surface area (Å²) in [6, 6.07) is 0.456. The molecular formula is C9H16BrN3. The normalized spacial score (nSPS) is 15.7. The molecule has 0 fully saturated rings. The lowest BCUT2D eigenvalue weighted by Gasteiger charge is -2.08. The molecule has 0 aromatic carbocycles. The maximum atomic E-state index is 4.09. The van der Waals surface area contributed by atoms with Crippen LogP contribution in [0, 0.1) is 0 Å². The van der Waals surface area contributed by atoms with E-state index in [0.717, 1.165) is 12.1 Å². The van der Waals surface area contributed by atoms with Gasteiger partial charge in [0.25, 0.3) is 0 Å². The first-order chi connectivity index (χ1) is 6.15. The Morgan fingerprint density at radius 2 is 2.23 bits per heavy atom. The molecule has 1 aromatic rings. The number of aromatic nitrogens is 3. The maximum absolute atomic E-state index is 4.09. The van der Waals surface area contributed by atoms with Crippen molar-refractivity contribution in [3.63, 3.8) is 0 Å². The van der Waals surface area contributed by atoms with Crippen LogP contribution in [0.5, 0.6) is 0 Å². The average Bonchev–Trinajstić information content (AvgIpc) is 2.52. The Morgan fingerprint density at radius 3 is 2.69 bits per heavy atom. The molecule has 2 unspecified atom stereocenters. The van der Waals surface area contributed by atoms with Gasteiger partial charge in [-0.15, -0.1) is 5.10 Å². The predicted molar refractivity (Wildman–Crippen MR) is 57.0 cm³/mol. The molecule has 1 heterocycles. The molecule has 0 amide bonds. The third-order valence-electron chi connectivity index (χ3n) is 2.09. The van der Waals surface area contributed by atoms with Crippen LogP contribution < -0.4 is 0 Å². The maximum Gasteiger partial charge on any atom is 0.0960 e. The van der Waals surface area contributed by atoms with Crippen molar-refractivity contribution < 1.29 is 0 Å². The summed E-state index contributed by atoms with van der Waals surface area (Å²) < 4.78 is 1.94. The highest BCUT2D eigenvalue weighted by Gasteiger charge is 2.09. The number of nitrogens with zero attached hydrogens (tertiary/aromatic N) is 3. The van der Waals surface area contributed by atoms with Gasteiger partial charge >= 0.3 is 0 Å². The van der Waals surface area contributed by atoms with Gasteiger partial charge in [0, 0.05) is 6.20 Å². The molecule has 2 atom stereocenters. The molecule has 0 N–H and O–H groups in total. The Kier molecular flexibility index (Phi) is 3.90. The van der Waals surface area contributed by atoms with Crippen LogP contribution in [0.1, 0.15) is 50.2 Å². The highest BCUT2D eigenvalue weighted by molar-refractivity contribution is 9.09. The second-order valence-electron chi connectivity index (χ2n) is 3.38. The van der Waals surface area contributed by atoms with E-state index in [9.17, 15) is 0 Å². The van der Waals surface area contributed by atoms with Crippen molar-refractivity contribution >= 4 is 15.9 Å². The largest absolute Gasteiger partial charge is 0.249 e. The summed E-state index contributed by atoms with van der Waals surface area (Å²) in [6.45, 7) is 6.40. The Balaban J connectivity index is 2.67. The highest BCUT2D eigenvalue weighted by atomic mass is 79.9. The van der Waals surface area contributed by atoms with Gasteiger partial charge < -0.3 is 0 Å². The lowest BCUT2D eigenvalue weighted by Crippen LogP contribution is -2.05. The molecule has 1 aromatic heterocycles. The Bertz CT molecular complexity index is 257. The molecule has 0 radical (unpaired) electrons. The Labute approximate surface area is 87.6 Å². The predicted octanol–water partition coefficient (Wildman–Crippen LogP) is 3.10. The van der Waals surface area contributed by atoms with Gasteiger partial charge in [-0.2, -0.15) is 0 Å². The van der Waals surface area contributed by atoms with Crippen LogP contribution in [0.15, 0.2) is 6.20 Å². The monoisotopic (exact) mass is 245 g/mol. The summed E-state index contributed by atoms with van der Waals surface area (Å²) in [5, 5.41) is 8.18. The smallest absolute Gasteiger partial charge is 0.0960 e. The second kappa shape index (κ2) is 4.74. The van der Waals surface area contributed by atoms with Gasteiger partial charge in [0.2, 0.25) is 0 Å². The lowest BCUT2D eigenvalue weighted by molar-refractivity contribution is 0.443. The van der Waals surface area contributed by atoms with E-state index in [1.54, 1.807) is 0 Å². The first-order valence-electron chi connectivity index (χ1n) is 4.71. The van der Waals surface area contributed by atoms with Gasteiger partial charge in [-0.1, -0.05) is 34.5 Å². The van der Waals surface area contributed by atoms with Crippen LogP contribution in [0.3, 0.4) is 0 Å². The van der Waals surface area contributed by atoms with Crippen molar-refractivity contribution in [3.05, 3.63) is 11.9 Å². The van der Waals surface area contributed by atoms with E-state index in [4.69, 9.17) is 0 Å². The average molecular weight is 246 g/mol. The van der Waals surface area contributed by atoms with Crippen LogP contribution in [0.25, 0.3) is 0 Å². The zero-order valence-corrected chi connectivity index (χ0v) is 9.95. The van der Waals surface area contributed by atoms with E-state index in [1.165, 1.54) is 6.42 Å². The lowest BCUT2D eigenvalue weighted by atomic mass is 10.2. The zero-order chi connectivity index (χ0) is 9.84. The Morgan fingerprint density at radius 1 is 1.54 bits per heavy atom. The molecule has 4 heteroatoms. The van der Waals surface area contributed by atoms with Crippen LogP contribution in [-0.2, 0) is 0 Å². The SMILES string of the molecule is CCCC(C)n1cc(C(C)Br)nn1. The minimum absolute atomic E-state index is 0.287. The quantitative estimate of drug-likeness (QED) is 0.764. The molecule has 13 heavy (non-hydrogen) atoms. The van der Waals surface area contributed by atoms with Gasteiger partial charge in [-0.05, 0) is 20.3 Å². The standard InChI is InChI=1S/C9H16BrN3/c1-4-5-7(2)13-6-9(8(3)10)11-12-13/h6-8H,4-5H2,1-3H3. The molecule has 0 bridgehead atoms. The zero-order valence-electron chi connectivity index (χ0n) is 8.37. The summed E-state index contributed by atoms with van der Waals surface area (Å²) in [6.07, 6.45) is 4.35. The van der Waals surface area contributed by atoms with E-state index in [2.05, 4.69) is 47.0 Å². The fraction of sp³-hybridized carbons (Fsp3) is 0.778. The van der Waals surface area contributed by atoms with Crippen molar-refractivity contribution in [3.8, 4) is 0 Å². The van der Waals surface area contributed by atoms with E-state index in [0.29, 0.717) is 6.04 Å². The highest BCUT2D eigenvalue weighted by Crippen LogP contribution is 2.20. The molecule has 1 rings (SSSR count). The first kappa shape index (κ1) is 10.7. The van der Waals surface area contributed by atoms with E-state index >= 15 is 0 Å². The van der Waals surface area contributed by atoms with Crippen molar-refractivity contribution in [2.75, 3.05) is 0 Å². The van der Waals surface area contributed by atoms with Crippen molar-refractivity contribution in [1.82, 2.24) is 15.0 Å². The third kappa shape index (κ3) is 2.79. The molecule has 0 saturated carbocycles. The van der Waals surface area contributed by atoms with Crippen LogP contribution in [0.4, 0.5) is 0 Å². The fourth-order valence-electron chi connectivity index (χ4n) is 1.24. The number of alkyl halides is 1. The van der Waals surface area contributed by atoms with Crippen molar-refractivity contribution in [2.24, 2.45) is 0 Å². The van der Waals surface area contributed by atoms with E-state index in [1.807, 2.05) is 10.9 Å². The summed E-state index contributed by atoms with van der Waals surface area (Å²) in [5.41, 5.74) is 1.00. The van der Waals surface area contributed by atoms with E-state index in [-0.39, 0.29) is 4.83 Å². The van der Waals surface area contributed by atoms with Gasteiger partial charge in [0.15, 0.2) is 0 Å². The number of halogens is 1. The van der Waals surface area contributed by atoms with Crippen LogP contribution in [-0.4, -0.2) is 15.0 Å². The van der Waals surface area contributed by atoms with Gasteiger partial charge in [-0.3, -0.25) is 0 Å². The molecule has 0 aliphatic rings. The summed E-state index contributed by atoms with van der Waals surface area (Å²) in [5.74, 6) is 0. The summed E-state index contributed by atoms with van der Waals surface area (Å²) in [7, 11) is 0. The van der Waals surface area contributed by atoms with Crippen molar-refractivity contribution in [2.45, 2.75) is 44.5 Å². The minimum atomic E-state index is 0.287. The fourth-order valence-corrected chi connectivity index (χ4v) is 1.45. The summed E-state index contributed by atoms with van der Waals surface area (Å²) in [4.78, 5) is 0.287. The van der Waals surface area contributed by atoms with Gasteiger partial charge in [-0.25, -0.2) is 4.68 Å². The van der Waals surface area contributed by atoms with Crippen LogP contribution in [0.2, 0.25) is 0 Å². The van der Waals surface area contributed by atoms with Gasteiger partial charge in [0.05, 0.1) is 16.6 Å². The van der Waals surface area contributed by atoms with E-state index < -0.39 is 0 Å². The number of rotatable bonds is 4. The van der Waals surface area contributed by atoms with Crippen LogP contribution >= 0.6 is 15.9 Å². The van der Waals surface area contributed by atoms with Crippen molar-refractivity contribution in [1.29, 1.82) is 0 Å². The Hall–Kier alpha value is -0.380. The molecule has 74 valence electrons. The topological polar surface area (TPSA) is 30.7 Å². The molecule has 0 aliphatic carbocycles. The molecule has 0 aliphatic heterocycles. The third-order valence-corrected chi connectivity index (χ3v) is 2.56. The summed E-state index contributed by atoms with van der Waals surface area (Å²) >= 11 is 3.47. The number of hydrogen-bond acceptors (Lipinski definition) is 2. The first-order valence-corrected chi connectivity index (χ1v) is 5.62. The second-order valence-corrected chi connectivity index (χ2v) is 4.75. The van der Waals surface area contributed by atoms with Gasteiger partial charge in [0.1, 0.15) is 0 Å².